The number of amides is 2. The van der Waals surface area contributed by atoms with E-state index in [0.717, 1.165) is 28.3 Å². The zero-order chi connectivity index (χ0) is 30.0. The lowest BCUT2D eigenvalue weighted by atomic mass is 10.1. The van der Waals surface area contributed by atoms with E-state index in [0.29, 0.717) is 29.6 Å². The number of hydrogen-bond acceptors (Lipinski definition) is 5. The fourth-order valence-electron chi connectivity index (χ4n) is 4.19. The maximum Gasteiger partial charge on any atom is 0.264 e. The number of carbonyl (C=O) groups excluding carboxylic acids is 2. The van der Waals surface area contributed by atoms with E-state index in [9.17, 15) is 18.0 Å². The van der Waals surface area contributed by atoms with Gasteiger partial charge < -0.3 is 15.0 Å². The van der Waals surface area contributed by atoms with Crippen LogP contribution >= 0.6 is 11.6 Å². The van der Waals surface area contributed by atoms with E-state index in [4.69, 9.17) is 16.3 Å². The highest BCUT2D eigenvalue weighted by Gasteiger charge is 2.32. The van der Waals surface area contributed by atoms with Crippen LogP contribution in [0.1, 0.15) is 44.7 Å². The van der Waals surface area contributed by atoms with Crippen LogP contribution in [0.3, 0.4) is 0 Å². The summed E-state index contributed by atoms with van der Waals surface area (Å²) in [6.45, 7) is 7.90. The van der Waals surface area contributed by atoms with Crippen molar-refractivity contribution in [2.24, 2.45) is 0 Å². The number of rotatable bonds is 14. The molecule has 8 nitrogen and oxygen atoms in total. The Bertz CT molecular complexity index is 1410. The van der Waals surface area contributed by atoms with Crippen LogP contribution in [-0.4, -0.2) is 50.9 Å². The Morgan fingerprint density at radius 2 is 1.68 bits per heavy atom. The van der Waals surface area contributed by atoms with Gasteiger partial charge in [0, 0.05) is 18.1 Å². The minimum atomic E-state index is -4.16. The first kappa shape index (κ1) is 32.0. The third-order valence-corrected chi connectivity index (χ3v) is 8.59. The summed E-state index contributed by atoms with van der Waals surface area (Å²) in [5.41, 5.74) is 1.99. The number of anilines is 1. The molecule has 2 amide bonds. The summed E-state index contributed by atoms with van der Waals surface area (Å²) in [5, 5.41) is 3.37. The number of halogens is 1. The minimum Gasteiger partial charge on any atom is -0.494 e. The molecule has 0 aliphatic carbocycles. The first-order valence-corrected chi connectivity index (χ1v) is 15.5. The summed E-state index contributed by atoms with van der Waals surface area (Å²) in [6.07, 6.45) is 1.72. The van der Waals surface area contributed by atoms with Crippen LogP contribution in [0.2, 0.25) is 5.02 Å². The Kier molecular flexibility index (Phi) is 11.6. The molecular weight excluding hydrogens is 562 g/mol. The van der Waals surface area contributed by atoms with Gasteiger partial charge in [-0.15, -0.1) is 0 Å². The van der Waals surface area contributed by atoms with Gasteiger partial charge in [0.2, 0.25) is 11.8 Å². The Morgan fingerprint density at radius 3 is 2.29 bits per heavy atom. The highest BCUT2D eigenvalue weighted by molar-refractivity contribution is 7.92. The van der Waals surface area contributed by atoms with Crippen LogP contribution in [0, 0.1) is 6.92 Å². The van der Waals surface area contributed by atoms with E-state index in [2.05, 4.69) is 5.32 Å². The summed E-state index contributed by atoms with van der Waals surface area (Å²) in [4.78, 5) is 28.4. The molecule has 0 unspecified atom stereocenters. The van der Waals surface area contributed by atoms with Crippen LogP contribution in [-0.2, 0) is 26.2 Å². The van der Waals surface area contributed by atoms with E-state index in [1.54, 1.807) is 61.5 Å². The summed E-state index contributed by atoms with van der Waals surface area (Å²) >= 11 is 6.19. The predicted octanol–water partition coefficient (Wildman–Crippen LogP) is 5.58. The zero-order valence-electron chi connectivity index (χ0n) is 24.0. The van der Waals surface area contributed by atoms with Crippen molar-refractivity contribution in [2.75, 3.05) is 24.0 Å². The number of aryl methyl sites for hydroxylation is 1. The molecule has 0 spiro atoms. The summed E-state index contributed by atoms with van der Waals surface area (Å²) in [7, 11) is -4.16. The van der Waals surface area contributed by atoms with E-state index in [-0.39, 0.29) is 17.3 Å². The predicted molar refractivity (Wildman–Crippen MR) is 163 cm³/mol. The molecule has 0 aliphatic heterocycles. The number of hydrogen-bond donors (Lipinski definition) is 1. The summed E-state index contributed by atoms with van der Waals surface area (Å²) in [6, 6.07) is 19.1. The van der Waals surface area contributed by atoms with Crippen LogP contribution in [0.15, 0.2) is 77.7 Å². The van der Waals surface area contributed by atoms with E-state index < -0.39 is 28.5 Å². The van der Waals surface area contributed by atoms with Crippen LogP contribution in [0.25, 0.3) is 0 Å². The molecule has 1 N–H and O–H groups in total. The Labute approximate surface area is 248 Å². The molecule has 0 aromatic heterocycles. The highest BCUT2D eigenvalue weighted by atomic mass is 35.5. The number of nitrogens with zero attached hydrogens (tertiary/aromatic N) is 2. The topological polar surface area (TPSA) is 96.0 Å². The maximum absolute atomic E-state index is 14.0. The molecule has 220 valence electrons. The lowest BCUT2D eigenvalue weighted by molar-refractivity contribution is -0.139. The van der Waals surface area contributed by atoms with Crippen molar-refractivity contribution in [1.29, 1.82) is 0 Å². The molecule has 0 radical (unpaired) electrons. The van der Waals surface area contributed by atoms with Gasteiger partial charge in [0.05, 0.1) is 17.2 Å². The van der Waals surface area contributed by atoms with Crippen molar-refractivity contribution >= 4 is 39.1 Å². The second kappa shape index (κ2) is 14.9. The fraction of sp³-hybridized carbons (Fsp3) is 0.355. The fourth-order valence-corrected chi connectivity index (χ4v) is 5.82. The molecule has 3 aromatic carbocycles. The van der Waals surface area contributed by atoms with Crippen LogP contribution < -0.4 is 14.4 Å². The molecule has 0 fully saturated rings. The molecule has 0 bridgehead atoms. The molecular formula is C31H38ClN3O5S. The molecule has 3 aromatic rings. The number of unbranched alkanes of at least 4 members (excludes halogenated alkanes) is 1. The number of benzene rings is 3. The Balaban J connectivity index is 1.99. The molecule has 0 saturated heterocycles. The number of carbonyl (C=O) groups is 2. The number of ether oxygens (including phenoxy) is 1. The van der Waals surface area contributed by atoms with Crippen molar-refractivity contribution < 1.29 is 22.7 Å². The Morgan fingerprint density at radius 1 is 1.00 bits per heavy atom. The molecule has 41 heavy (non-hydrogen) atoms. The van der Waals surface area contributed by atoms with Crippen molar-refractivity contribution in [3.8, 4) is 5.75 Å². The third-order valence-electron chi connectivity index (χ3n) is 6.56. The zero-order valence-corrected chi connectivity index (χ0v) is 25.5. The van der Waals surface area contributed by atoms with Crippen molar-refractivity contribution in [3.63, 3.8) is 0 Å². The highest BCUT2D eigenvalue weighted by Crippen LogP contribution is 2.26. The van der Waals surface area contributed by atoms with E-state index in [1.165, 1.54) is 17.0 Å². The van der Waals surface area contributed by atoms with Gasteiger partial charge in [0.25, 0.3) is 10.0 Å². The quantitative estimate of drug-likeness (QED) is 0.244. The summed E-state index contributed by atoms with van der Waals surface area (Å²) in [5.74, 6) is -0.302. The molecule has 0 aliphatic rings. The van der Waals surface area contributed by atoms with Gasteiger partial charge >= 0.3 is 0 Å². The van der Waals surface area contributed by atoms with Gasteiger partial charge in [-0.05, 0) is 81.3 Å². The number of nitrogens with one attached hydrogen (secondary N) is 1. The van der Waals surface area contributed by atoms with E-state index >= 15 is 0 Å². The van der Waals surface area contributed by atoms with Crippen LogP contribution in [0.5, 0.6) is 5.75 Å². The monoisotopic (exact) mass is 599 g/mol. The molecule has 10 heteroatoms. The van der Waals surface area contributed by atoms with Gasteiger partial charge in [-0.2, -0.15) is 0 Å². The largest absolute Gasteiger partial charge is 0.494 e. The van der Waals surface area contributed by atoms with Gasteiger partial charge in [-0.1, -0.05) is 54.8 Å². The third kappa shape index (κ3) is 8.71. The molecule has 0 heterocycles. The van der Waals surface area contributed by atoms with E-state index in [1.807, 2.05) is 26.8 Å². The first-order valence-electron chi connectivity index (χ1n) is 13.7. The van der Waals surface area contributed by atoms with Gasteiger partial charge in [-0.25, -0.2) is 8.42 Å². The summed E-state index contributed by atoms with van der Waals surface area (Å²) < 4.78 is 34.4. The van der Waals surface area contributed by atoms with Crippen molar-refractivity contribution in [3.05, 3.63) is 88.9 Å². The first-order chi connectivity index (χ1) is 19.6. The lowest BCUT2D eigenvalue weighted by Gasteiger charge is -2.32. The van der Waals surface area contributed by atoms with Gasteiger partial charge in [-0.3, -0.25) is 13.9 Å². The standard InChI is InChI=1S/C31H38ClN3O5S/c1-5-7-19-33-31(37)24(4)34(21-25-9-8-10-26(32)20-25)30(36)22-35(27-13-11-23(3)12-14-27)41(38,39)29-17-15-28(16-18-29)40-6-2/h8-18,20,24H,5-7,19,21-22H2,1-4H3,(H,33,37)/t24-/m0/s1. The van der Waals surface area contributed by atoms with Gasteiger partial charge in [0.15, 0.2) is 0 Å². The second-order valence-electron chi connectivity index (χ2n) is 9.72. The molecule has 0 saturated carbocycles. The van der Waals surface area contributed by atoms with Gasteiger partial charge in [0.1, 0.15) is 18.3 Å². The normalized spacial score (nSPS) is 11.9. The minimum absolute atomic E-state index is 0.0149. The lowest BCUT2D eigenvalue weighted by Crippen LogP contribution is -2.51. The molecule has 3 rings (SSSR count). The number of sulfonamides is 1. The SMILES string of the molecule is CCCCNC(=O)[C@H](C)N(Cc1cccc(Cl)c1)C(=O)CN(c1ccc(C)cc1)S(=O)(=O)c1ccc(OCC)cc1. The van der Waals surface area contributed by atoms with Crippen molar-refractivity contribution in [2.45, 2.75) is 58.0 Å². The van der Waals surface area contributed by atoms with Crippen LogP contribution in [0.4, 0.5) is 5.69 Å². The van der Waals surface area contributed by atoms with Crippen molar-refractivity contribution in [1.82, 2.24) is 10.2 Å². The molecule has 1 atom stereocenters. The second-order valence-corrected chi connectivity index (χ2v) is 12.0. The average molecular weight is 600 g/mol. The average Bonchev–Trinajstić information content (AvgIpc) is 2.95. The maximum atomic E-state index is 14.0. The smallest absolute Gasteiger partial charge is 0.264 e. The Hall–Kier alpha value is -3.56.